The molecule has 0 N–H and O–H groups in total. The summed E-state index contributed by atoms with van der Waals surface area (Å²) >= 11 is 1.33. The zero-order valence-electron chi connectivity index (χ0n) is 22.9. The van der Waals surface area contributed by atoms with Crippen LogP contribution in [-0.2, 0) is 9.53 Å². The average Bonchev–Trinajstić information content (AvgIpc) is 3.37. The Morgan fingerprint density at radius 1 is 1.05 bits per heavy atom. The molecule has 0 radical (unpaired) electrons. The summed E-state index contributed by atoms with van der Waals surface area (Å²) in [6.45, 7) is 9.90. The van der Waals surface area contributed by atoms with Crippen molar-refractivity contribution in [3.8, 4) is 11.4 Å². The van der Waals surface area contributed by atoms with Gasteiger partial charge in [-0.25, -0.2) is 9.79 Å². The second kappa shape index (κ2) is 10.5. The molecule has 2 aromatic heterocycles. The van der Waals surface area contributed by atoms with Crippen molar-refractivity contribution >= 4 is 23.4 Å². The van der Waals surface area contributed by atoms with Gasteiger partial charge in [0, 0.05) is 17.1 Å². The highest BCUT2D eigenvalue weighted by Gasteiger charge is 2.33. The number of carbonyl (C=O) groups is 1. The molecule has 0 saturated carbocycles. The highest BCUT2D eigenvalue weighted by atomic mass is 32.1. The Kier molecular flexibility index (Phi) is 7.14. The lowest BCUT2D eigenvalue weighted by Gasteiger charge is -2.24. The van der Waals surface area contributed by atoms with Crippen molar-refractivity contribution in [2.45, 2.75) is 40.7 Å². The van der Waals surface area contributed by atoms with Crippen LogP contribution in [0.5, 0.6) is 5.75 Å². The normalized spacial score (nSPS) is 15.2. The van der Waals surface area contributed by atoms with Crippen molar-refractivity contribution in [2.75, 3.05) is 13.7 Å². The molecule has 0 spiro atoms. The lowest BCUT2D eigenvalue weighted by atomic mass is 9.95. The number of nitrogens with zero attached hydrogens (tertiary/aromatic N) is 3. The number of rotatable bonds is 6. The van der Waals surface area contributed by atoms with Crippen molar-refractivity contribution in [3.05, 3.63) is 114 Å². The van der Waals surface area contributed by atoms with E-state index >= 15 is 0 Å². The Bertz CT molecular complexity index is 1770. The quantitative estimate of drug-likeness (QED) is 0.337. The second-order valence-electron chi connectivity index (χ2n) is 9.57. The van der Waals surface area contributed by atoms with Gasteiger partial charge in [-0.05, 0) is 82.2 Å². The van der Waals surface area contributed by atoms with E-state index in [9.17, 15) is 9.59 Å². The molecule has 4 aromatic rings. The van der Waals surface area contributed by atoms with Crippen molar-refractivity contribution in [1.29, 1.82) is 0 Å². The van der Waals surface area contributed by atoms with E-state index in [2.05, 4.69) is 15.6 Å². The highest BCUT2D eigenvalue weighted by Crippen LogP contribution is 2.31. The smallest absolute Gasteiger partial charge is 0.338 e. The van der Waals surface area contributed by atoms with Crippen LogP contribution in [0.25, 0.3) is 11.8 Å². The van der Waals surface area contributed by atoms with Crippen LogP contribution < -0.4 is 19.6 Å². The van der Waals surface area contributed by atoms with Gasteiger partial charge in [0.25, 0.3) is 5.56 Å². The summed E-state index contributed by atoms with van der Waals surface area (Å²) in [5, 5.41) is 0. The number of ether oxygens (including phenoxy) is 2. The Hall–Kier alpha value is -4.17. The Balaban J connectivity index is 1.66. The topological polar surface area (TPSA) is 74.8 Å². The maximum atomic E-state index is 13.9. The van der Waals surface area contributed by atoms with E-state index in [1.54, 1.807) is 25.5 Å². The number of benzene rings is 2. The van der Waals surface area contributed by atoms with Crippen molar-refractivity contribution < 1.29 is 14.3 Å². The third-order valence-corrected chi connectivity index (χ3v) is 7.98. The number of hydrogen-bond donors (Lipinski definition) is 0. The van der Waals surface area contributed by atoms with Crippen LogP contribution in [0.2, 0.25) is 0 Å². The van der Waals surface area contributed by atoms with Gasteiger partial charge in [-0.15, -0.1) is 0 Å². The van der Waals surface area contributed by atoms with E-state index in [-0.39, 0.29) is 12.2 Å². The number of methoxy groups -OCH3 is 1. The molecule has 0 bridgehead atoms. The number of aromatic nitrogens is 2. The minimum atomic E-state index is -0.616. The molecule has 7 nitrogen and oxygen atoms in total. The van der Waals surface area contributed by atoms with Crippen LogP contribution in [0, 0.1) is 20.8 Å². The van der Waals surface area contributed by atoms with Crippen LogP contribution in [0.4, 0.5) is 0 Å². The minimum Gasteiger partial charge on any atom is -0.497 e. The molecule has 1 aliphatic heterocycles. The third kappa shape index (κ3) is 4.76. The van der Waals surface area contributed by atoms with Gasteiger partial charge in [0.2, 0.25) is 0 Å². The summed E-state index contributed by atoms with van der Waals surface area (Å²) in [5.74, 6) is 0.338. The van der Waals surface area contributed by atoms with Crippen molar-refractivity contribution in [3.63, 3.8) is 0 Å². The van der Waals surface area contributed by atoms with Gasteiger partial charge in [-0.3, -0.25) is 9.36 Å². The van der Waals surface area contributed by atoms with Crippen molar-refractivity contribution in [2.24, 2.45) is 4.99 Å². The van der Waals surface area contributed by atoms with E-state index in [1.165, 1.54) is 11.3 Å². The lowest BCUT2D eigenvalue weighted by Crippen LogP contribution is -2.39. The lowest BCUT2D eigenvalue weighted by molar-refractivity contribution is -0.139. The zero-order valence-corrected chi connectivity index (χ0v) is 23.8. The molecule has 8 heteroatoms. The number of carbonyl (C=O) groups excluding carboxylic acids is 1. The molecule has 0 saturated heterocycles. The first kappa shape index (κ1) is 26.4. The molecule has 0 fully saturated rings. The predicted molar refractivity (Wildman–Crippen MR) is 153 cm³/mol. The van der Waals surface area contributed by atoms with E-state index in [0.29, 0.717) is 20.6 Å². The average molecular weight is 542 g/mol. The Morgan fingerprint density at radius 3 is 2.38 bits per heavy atom. The molecule has 0 aliphatic carbocycles. The van der Waals surface area contributed by atoms with E-state index in [0.717, 1.165) is 39.5 Å². The molecule has 2 aromatic carbocycles. The number of hydrogen-bond acceptors (Lipinski definition) is 6. The van der Waals surface area contributed by atoms with Crippen LogP contribution in [-0.4, -0.2) is 28.8 Å². The van der Waals surface area contributed by atoms with Crippen LogP contribution >= 0.6 is 11.3 Å². The maximum Gasteiger partial charge on any atom is 0.338 e. The van der Waals surface area contributed by atoms with Crippen LogP contribution in [0.15, 0.2) is 75.7 Å². The highest BCUT2D eigenvalue weighted by molar-refractivity contribution is 7.07. The molecule has 200 valence electrons. The van der Waals surface area contributed by atoms with Crippen molar-refractivity contribution in [1.82, 2.24) is 9.13 Å². The Labute approximate surface area is 231 Å². The SMILES string of the molecule is CCOC(=O)C1=C(C)N=c2s/c(=C/c3cc(C)n(-c4ccc(OC)cc4)c3C)c(=O)n2[C@H]1c1ccc(C)cc1. The summed E-state index contributed by atoms with van der Waals surface area (Å²) in [6, 6.07) is 17.2. The summed E-state index contributed by atoms with van der Waals surface area (Å²) < 4.78 is 15.0. The molecule has 3 heterocycles. The first-order chi connectivity index (χ1) is 18.7. The largest absolute Gasteiger partial charge is 0.497 e. The minimum absolute atomic E-state index is 0.187. The second-order valence-corrected chi connectivity index (χ2v) is 10.6. The van der Waals surface area contributed by atoms with Gasteiger partial charge in [0.1, 0.15) is 5.75 Å². The summed E-state index contributed by atoms with van der Waals surface area (Å²) in [5.41, 5.74) is 6.72. The predicted octanol–water partition coefficient (Wildman–Crippen LogP) is 4.52. The van der Waals surface area contributed by atoms with Crippen LogP contribution in [0.3, 0.4) is 0 Å². The third-order valence-electron chi connectivity index (χ3n) is 7.00. The molecule has 5 rings (SSSR count). The van der Waals surface area contributed by atoms with Gasteiger partial charge < -0.3 is 14.0 Å². The molecule has 1 atom stereocenters. The fourth-order valence-electron chi connectivity index (χ4n) is 5.06. The van der Waals surface area contributed by atoms with Crippen LogP contribution in [0.1, 0.15) is 48.0 Å². The van der Waals surface area contributed by atoms with Gasteiger partial charge in [-0.2, -0.15) is 0 Å². The zero-order chi connectivity index (χ0) is 27.8. The summed E-state index contributed by atoms with van der Waals surface area (Å²) in [4.78, 5) is 32.2. The standard InChI is InChI=1S/C31H31N3O4S/c1-7-38-30(36)27-20(4)32-31-34(28(27)22-10-8-18(2)9-11-22)29(35)26(39-31)17-23-16-19(3)33(21(23)5)24-12-14-25(37-6)15-13-24/h8-17,28H,7H2,1-6H3/b26-17+/t28-/m0/s1. The molecule has 0 unspecified atom stereocenters. The van der Waals surface area contributed by atoms with Gasteiger partial charge in [0.05, 0.1) is 35.6 Å². The molecule has 39 heavy (non-hydrogen) atoms. The van der Waals surface area contributed by atoms with E-state index in [1.807, 2.05) is 75.4 Å². The van der Waals surface area contributed by atoms with Gasteiger partial charge in [0.15, 0.2) is 4.80 Å². The number of thiazole rings is 1. The monoisotopic (exact) mass is 541 g/mol. The number of esters is 1. The number of allylic oxidation sites excluding steroid dienone is 1. The molecule has 1 aliphatic rings. The summed E-state index contributed by atoms with van der Waals surface area (Å²) in [7, 11) is 1.65. The fraction of sp³-hybridized carbons (Fsp3) is 0.258. The maximum absolute atomic E-state index is 13.9. The molecule has 0 amide bonds. The number of fused-ring (bicyclic) bond motifs is 1. The Morgan fingerprint density at radius 2 is 1.74 bits per heavy atom. The van der Waals surface area contributed by atoms with E-state index < -0.39 is 12.0 Å². The van der Waals surface area contributed by atoms with Gasteiger partial charge in [-0.1, -0.05) is 41.2 Å². The first-order valence-corrected chi connectivity index (χ1v) is 13.6. The first-order valence-electron chi connectivity index (χ1n) is 12.8. The van der Waals surface area contributed by atoms with Gasteiger partial charge >= 0.3 is 5.97 Å². The number of aryl methyl sites for hydroxylation is 2. The molecular weight excluding hydrogens is 510 g/mol. The van der Waals surface area contributed by atoms with E-state index in [4.69, 9.17) is 9.47 Å². The molecular formula is C31H31N3O4S. The fourth-order valence-corrected chi connectivity index (χ4v) is 6.10. The summed E-state index contributed by atoms with van der Waals surface area (Å²) in [6.07, 6.45) is 1.92.